The third-order valence-corrected chi connectivity index (χ3v) is 0.789. The fraction of sp³-hybridized carbons (Fsp3) is 0.700. The molecule has 0 heterocycles. The number of hydrogen-bond donors (Lipinski definition) is 0. The van der Waals surface area contributed by atoms with Gasteiger partial charge in [0.25, 0.3) is 0 Å². The van der Waals surface area contributed by atoms with Crippen molar-refractivity contribution in [3.05, 3.63) is 0 Å². The zero-order valence-electron chi connectivity index (χ0n) is 9.22. The van der Waals surface area contributed by atoms with Crippen LogP contribution in [0, 0.1) is 0 Å². The first kappa shape index (κ1) is 17.9. The van der Waals surface area contributed by atoms with Gasteiger partial charge in [-0.15, -0.1) is 0 Å². The predicted octanol–water partition coefficient (Wildman–Crippen LogP) is 2.18. The van der Waals surface area contributed by atoms with Gasteiger partial charge in [0.1, 0.15) is 17.9 Å². The van der Waals surface area contributed by atoms with Gasteiger partial charge in [0, 0.05) is 12.8 Å². The molecule has 3 nitrogen and oxygen atoms in total. The maximum absolute atomic E-state index is 10.2. The van der Waals surface area contributed by atoms with Crippen LogP contribution in [0.2, 0.25) is 0 Å². The van der Waals surface area contributed by atoms with E-state index in [0.29, 0.717) is 18.6 Å². The lowest BCUT2D eigenvalue weighted by atomic mass is 10.3. The Kier molecular flexibility index (Phi) is 23.7. The number of rotatable bonds is 2. The van der Waals surface area contributed by atoms with Crippen LogP contribution < -0.4 is 0 Å². The van der Waals surface area contributed by atoms with Crippen LogP contribution in [-0.4, -0.2) is 17.9 Å². The van der Waals surface area contributed by atoms with Crippen molar-refractivity contribution in [2.75, 3.05) is 0 Å². The minimum atomic E-state index is 0.167. The molecular formula is C10H20O3. The first-order valence-corrected chi connectivity index (χ1v) is 4.34. The average Bonchev–Trinajstić information content (AvgIpc) is 2.03. The Labute approximate surface area is 80.5 Å². The quantitative estimate of drug-likeness (QED) is 0.624. The summed E-state index contributed by atoms with van der Waals surface area (Å²) in [4.78, 5) is 28.4. The van der Waals surface area contributed by atoms with Crippen LogP contribution in [0.15, 0.2) is 0 Å². The van der Waals surface area contributed by atoms with Crippen molar-refractivity contribution in [3.8, 4) is 0 Å². The molecule has 0 aliphatic rings. The minimum Gasteiger partial charge on any atom is -0.304 e. The summed E-state index contributed by atoms with van der Waals surface area (Å²) in [6.07, 6.45) is 2.13. The van der Waals surface area contributed by atoms with Gasteiger partial charge >= 0.3 is 0 Å². The fourth-order valence-corrected chi connectivity index (χ4v) is 0.250. The summed E-state index contributed by atoms with van der Waals surface area (Å²) in [5.41, 5.74) is 0. The lowest BCUT2D eigenvalue weighted by molar-refractivity contribution is -0.118. The van der Waals surface area contributed by atoms with Gasteiger partial charge in [-0.2, -0.15) is 0 Å². The molecule has 0 unspecified atom stereocenters. The number of Topliss-reactive ketones (excluding diaryl/α,β-unsaturated/α-hetero) is 2. The summed E-state index contributed by atoms with van der Waals surface area (Å²) < 4.78 is 0. The standard InChI is InChI=1S/C5H10O.C3H6O.C2H4O/c1-3-5(6)4-2;1-3(2)4;1-2-3/h3-4H2,1-2H3;1-2H3;2H,1H3. The van der Waals surface area contributed by atoms with Gasteiger partial charge in [-0.1, -0.05) is 13.8 Å². The summed E-state index contributed by atoms with van der Waals surface area (Å²) in [6, 6.07) is 0. The summed E-state index contributed by atoms with van der Waals surface area (Å²) in [5.74, 6) is 0.509. The van der Waals surface area contributed by atoms with E-state index in [2.05, 4.69) is 0 Å². The molecule has 0 aromatic heterocycles. The lowest BCUT2D eigenvalue weighted by Gasteiger charge is -1.81. The van der Waals surface area contributed by atoms with Gasteiger partial charge in [-0.05, 0) is 20.8 Å². The van der Waals surface area contributed by atoms with Gasteiger partial charge in [-0.3, -0.25) is 4.79 Å². The normalized spacial score (nSPS) is 6.85. The molecule has 0 saturated heterocycles. The molecule has 13 heavy (non-hydrogen) atoms. The molecule has 0 bridgehead atoms. The molecule has 3 heteroatoms. The molecule has 0 saturated carbocycles. The highest BCUT2D eigenvalue weighted by molar-refractivity contribution is 5.77. The van der Waals surface area contributed by atoms with E-state index in [-0.39, 0.29) is 5.78 Å². The maximum Gasteiger partial charge on any atom is 0.132 e. The molecule has 0 aliphatic heterocycles. The van der Waals surface area contributed by atoms with E-state index in [0.717, 1.165) is 6.29 Å². The number of aldehydes is 1. The van der Waals surface area contributed by atoms with E-state index in [9.17, 15) is 9.59 Å². The summed E-state index contributed by atoms with van der Waals surface area (Å²) >= 11 is 0. The second-order valence-corrected chi connectivity index (χ2v) is 2.39. The lowest BCUT2D eigenvalue weighted by Crippen LogP contribution is -1.88. The molecule has 0 aromatic rings. The van der Waals surface area contributed by atoms with Crippen LogP contribution in [0.3, 0.4) is 0 Å². The Balaban J connectivity index is -0.000000125. The molecule has 0 N–H and O–H groups in total. The second kappa shape index (κ2) is 17.2. The highest BCUT2D eigenvalue weighted by atomic mass is 16.1. The van der Waals surface area contributed by atoms with Gasteiger partial charge in [0.2, 0.25) is 0 Å². The Hall–Kier alpha value is -0.990. The Bertz CT molecular complexity index is 129. The first-order chi connectivity index (χ1) is 5.95. The minimum absolute atomic E-state index is 0.167. The van der Waals surface area contributed by atoms with Crippen molar-refractivity contribution in [2.24, 2.45) is 0 Å². The van der Waals surface area contributed by atoms with E-state index in [1.165, 1.54) is 20.8 Å². The van der Waals surface area contributed by atoms with Gasteiger partial charge in [0.15, 0.2) is 0 Å². The average molecular weight is 188 g/mol. The van der Waals surface area contributed by atoms with Crippen LogP contribution in [0.4, 0.5) is 0 Å². The largest absolute Gasteiger partial charge is 0.304 e. The van der Waals surface area contributed by atoms with E-state index in [4.69, 9.17) is 4.79 Å². The zero-order chi connectivity index (χ0) is 11.3. The Morgan fingerprint density at radius 1 is 1.08 bits per heavy atom. The predicted molar refractivity (Wildman–Crippen MR) is 53.7 cm³/mol. The van der Waals surface area contributed by atoms with Crippen molar-refractivity contribution >= 4 is 17.9 Å². The van der Waals surface area contributed by atoms with E-state index < -0.39 is 0 Å². The summed E-state index contributed by atoms with van der Waals surface area (Å²) in [5, 5.41) is 0. The molecular weight excluding hydrogens is 168 g/mol. The Morgan fingerprint density at radius 2 is 1.23 bits per heavy atom. The van der Waals surface area contributed by atoms with E-state index in [1.54, 1.807) is 0 Å². The Morgan fingerprint density at radius 3 is 1.23 bits per heavy atom. The molecule has 0 fully saturated rings. The topological polar surface area (TPSA) is 51.2 Å². The van der Waals surface area contributed by atoms with E-state index in [1.807, 2.05) is 13.8 Å². The third-order valence-electron chi connectivity index (χ3n) is 0.789. The van der Waals surface area contributed by atoms with Crippen LogP contribution in [-0.2, 0) is 14.4 Å². The maximum atomic E-state index is 10.2. The molecule has 0 amide bonds. The fourth-order valence-electron chi connectivity index (χ4n) is 0.250. The number of ketones is 2. The van der Waals surface area contributed by atoms with Crippen molar-refractivity contribution < 1.29 is 14.4 Å². The number of carbonyl (C=O) groups excluding carboxylic acids is 3. The molecule has 0 aliphatic carbocycles. The second-order valence-electron chi connectivity index (χ2n) is 2.39. The zero-order valence-corrected chi connectivity index (χ0v) is 9.22. The highest BCUT2D eigenvalue weighted by Crippen LogP contribution is 1.83. The molecule has 78 valence electrons. The molecule has 0 aromatic carbocycles. The molecule has 0 radical (unpaired) electrons. The van der Waals surface area contributed by atoms with Crippen LogP contribution in [0.1, 0.15) is 47.5 Å². The van der Waals surface area contributed by atoms with Gasteiger partial charge < -0.3 is 9.59 Å². The van der Waals surface area contributed by atoms with Gasteiger partial charge in [-0.25, -0.2) is 0 Å². The van der Waals surface area contributed by atoms with Crippen molar-refractivity contribution in [1.29, 1.82) is 0 Å². The van der Waals surface area contributed by atoms with Crippen molar-refractivity contribution in [3.63, 3.8) is 0 Å². The molecule has 0 atom stereocenters. The van der Waals surface area contributed by atoms with Gasteiger partial charge in [0.05, 0.1) is 0 Å². The number of hydrogen-bond acceptors (Lipinski definition) is 3. The molecule has 0 spiro atoms. The third kappa shape index (κ3) is 98.7. The number of carbonyl (C=O) groups is 3. The first-order valence-electron chi connectivity index (χ1n) is 4.34. The molecule has 0 rings (SSSR count). The highest BCUT2D eigenvalue weighted by Gasteiger charge is 1.86. The van der Waals surface area contributed by atoms with Crippen molar-refractivity contribution in [1.82, 2.24) is 0 Å². The summed E-state index contributed by atoms with van der Waals surface area (Å²) in [7, 11) is 0. The van der Waals surface area contributed by atoms with Crippen LogP contribution >= 0.6 is 0 Å². The summed E-state index contributed by atoms with van der Waals surface area (Å²) in [6.45, 7) is 8.26. The van der Waals surface area contributed by atoms with Crippen molar-refractivity contribution in [2.45, 2.75) is 47.5 Å². The SMILES string of the molecule is CC(C)=O.CC=O.CCC(=O)CC. The van der Waals surface area contributed by atoms with Crippen LogP contribution in [0.5, 0.6) is 0 Å². The van der Waals surface area contributed by atoms with Crippen LogP contribution in [0.25, 0.3) is 0 Å². The smallest absolute Gasteiger partial charge is 0.132 e. The van der Waals surface area contributed by atoms with E-state index >= 15 is 0 Å². The monoisotopic (exact) mass is 188 g/mol.